The van der Waals surface area contributed by atoms with Crippen LogP contribution in [0.5, 0.6) is 0 Å². The van der Waals surface area contributed by atoms with Gasteiger partial charge in [0.2, 0.25) is 11.8 Å². The van der Waals surface area contributed by atoms with E-state index in [9.17, 15) is 9.59 Å². The largest absolute Gasteiger partial charge is 0.356 e. The van der Waals surface area contributed by atoms with Crippen molar-refractivity contribution in [2.24, 2.45) is 0 Å². The first-order valence-corrected chi connectivity index (χ1v) is 10.1. The molecular formula is C21H21N3O2S. The second kappa shape index (κ2) is 5.96. The lowest BCUT2D eigenvalue weighted by Crippen LogP contribution is -2.62. The first-order valence-electron chi connectivity index (χ1n) is 9.32. The number of hydrogen-bond acceptors (Lipinski definition) is 3. The Morgan fingerprint density at radius 1 is 1.19 bits per heavy atom. The zero-order valence-corrected chi connectivity index (χ0v) is 16.2. The highest BCUT2D eigenvalue weighted by Gasteiger charge is 2.47. The summed E-state index contributed by atoms with van der Waals surface area (Å²) in [5, 5.41) is 1.15. The molecule has 1 saturated heterocycles. The molecule has 1 aromatic carbocycles. The summed E-state index contributed by atoms with van der Waals surface area (Å²) in [4.78, 5) is 35.3. The van der Waals surface area contributed by atoms with Crippen molar-refractivity contribution in [3.05, 3.63) is 57.4 Å². The normalized spacial score (nSPS) is 22.3. The molecule has 5 nitrogen and oxygen atoms in total. The summed E-state index contributed by atoms with van der Waals surface area (Å²) in [6, 6.07) is 11.8. The Balaban J connectivity index is 1.75. The Morgan fingerprint density at radius 2 is 2.00 bits per heavy atom. The molecule has 3 aromatic rings. The number of amides is 2. The molecule has 2 aliphatic heterocycles. The highest BCUT2D eigenvalue weighted by atomic mass is 32.1. The van der Waals surface area contributed by atoms with Gasteiger partial charge in [-0.15, -0.1) is 11.3 Å². The van der Waals surface area contributed by atoms with Crippen molar-refractivity contribution in [1.29, 1.82) is 0 Å². The third-order valence-corrected chi connectivity index (χ3v) is 7.04. The van der Waals surface area contributed by atoms with Crippen LogP contribution < -0.4 is 0 Å². The first kappa shape index (κ1) is 16.6. The van der Waals surface area contributed by atoms with Crippen molar-refractivity contribution >= 4 is 34.1 Å². The van der Waals surface area contributed by atoms with E-state index in [-0.39, 0.29) is 24.4 Å². The predicted octanol–water partition coefficient (Wildman–Crippen LogP) is 3.11. The number of rotatable bonds is 2. The average Bonchev–Trinajstić information content (AvgIpc) is 3.29. The topological polar surface area (TPSA) is 56.4 Å². The molecule has 6 heteroatoms. The number of likely N-dealkylation sites (N-methyl/N-ethyl adjacent to an activating group) is 1. The van der Waals surface area contributed by atoms with Gasteiger partial charge in [-0.2, -0.15) is 0 Å². The number of piperazine rings is 1. The Hall–Kier alpha value is -2.60. The summed E-state index contributed by atoms with van der Waals surface area (Å²) in [5.74, 6) is 0.0469. The second-order valence-corrected chi connectivity index (χ2v) is 8.54. The first-order chi connectivity index (χ1) is 13.1. The summed E-state index contributed by atoms with van der Waals surface area (Å²) < 4.78 is 0. The number of fused-ring (bicyclic) bond motifs is 4. The van der Waals surface area contributed by atoms with Crippen molar-refractivity contribution in [3.8, 4) is 0 Å². The molecule has 138 valence electrons. The van der Waals surface area contributed by atoms with E-state index in [2.05, 4.69) is 36.2 Å². The summed E-state index contributed by atoms with van der Waals surface area (Å²) in [6.45, 7) is 2.28. The zero-order chi connectivity index (χ0) is 18.7. The Bertz CT molecular complexity index is 1070. The molecule has 2 atom stereocenters. The Labute approximate surface area is 161 Å². The number of carbonyl (C=O) groups is 2. The quantitative estimate of drug-likeness (QED) is 0.744. The third-order valence-electron chi connectivity index (χ3n) is 5.75. The van der Waals surface area contributed by atoms with Gasteiger partial charge in [-0.3, -0.25) is 9.59 Å². The fourth-order valence-corrected chi connectivity index (χ4v) is 5.50. The fourth-order valence-electron chi connectivity index (χ4n) is 4.44. The highest BCUT2D eigenvalue weighted by Crippen LogP contribution is 2.44. The summed E-state index contributed by atoms with van der Waals surface area (Å²) in [6.07, 6.45) is 1.53. The molecule has 27 heavy (non-hydrogen) atoms. The van der Waals surface area contributed by atoms with Crippen LogP contribution in [0.1, 0.15) is 34.0 Å². The van der Waals surface area contributed by atoms with Crippen LogP contribution in [0.2, 0.25) is 0 Å². The minimum absolute atomic E-state index is 0.0165. The van der Waals surface area contributed by atoms with Gasteiger partial charge in [0.05, 0.1) is 6.54 Å². The van der Waals surface area contributed by atoms with E-state index in [1.807, 2.05) is 17.0 Å². The minimum atomic E-state index is -0.430. The van der Waals surface area contributed by atoms with E-state index in [4.69, 9.17) is 0 Å². The second-order valence-electron chi connectivity index (χ2n) is 7.34. The van der Waals surface area contributed by atoms with E-state index < -0.39 is 6.04 Å². The van der Waals surface area contributed by atoms with Gasteiger partial charge >= 0.3 is 0 Å². The van der Waals surface area contributed by atoms with Crippen molar-refractivity contribution in [1.82, 2.24) is 14.8 Å². The van der Waals surface area contributed by atoms with Crippen LogP contribution in [0.25, 0.3) is 10.9 Å². The van der Waals surface area contributed by atoms with Crippen LogP contribution in [0.15, 0.2) is 36.4 Å². The van der Waals surface area contributed by atoms with Gasteiger partial charge in [0, 0.05) is 39.8 Å². The summed E-state index contributed by atoms with van der Waals surface area (Å²) in [5.41, 5.74) is 3.29. The highest BCUT2D eigenvalue weighted by molar-refractivity contribution is 7.12. The monoisotopic (exact) mass is 379 g/mol. The summed E-state index contributed by atoms with van der Waals surface area (Å²) >= 11 is 1.73. The number of H-pyrrole nitrogens is 1. The molecule has 0 saturated carbocycles. The molecule has 0 bridgehead atoms. The minimum Gasteiger partial charge on any atom is -0.356 e. The van der Waals surface area contributed by atoms with Crippen molar-refractivity contribution < 1.29 is 9.59 Å². The van der Waals surface area contributed by atoms with Gasteiger partial charge in [-0.05, 0) is 30.2 Å². The maximum atomic E-state index is 13.0. The van der Waals surface area contributed by atoms with Gasteiger partial charge in [-0.1, -0.05) is 25.1 Å². The average molecular weight is 379 g/mol. The standard InChI is InChI=1S/C21H21N3O2S/c1-3-12-8-9-17(27-12)20-19-14(13-6-4-5-7-15(13)22-19)10-16-21(26)23(2)11-18(25)24(16)20/h4-9,16,20,22H,3,10-11H2,1-2H3/t16-,20-/m0/s1. The number of nitrogens with zero attached hydrogens (tertiary/aromatic N) is 2. The number of aryl methyl sites for hydroxylation is 1. The van der Waals surface area contributed by atoms with Gasteiger partial charge in [0.25, 0.3) is 0 Å². The Morgan fingerprint density at radius 3 is 2.78 bits per heavy atom. The number of para-hydroxylation sites is 1. The molecule has 2 aliphatic rings. The molecule has 1 N–H and O–H groups in total. The molecule has 5 rings (SSSR count). The van der Waals surface area contributed by atoms with E-state index >= 15 is 0 Å². The number of thiophene rings is 1. The molecule has 4 heterocycles. The number of aromatic nitrogens is 1. The SMILES string of the molecule is CCc1ccc([C@H]2c3[nH]c4ccccc4c3C[C@H]3C(=O)N(C)CC(=O)N23)s1. The van der Waals surface area contributed by atoms with Crippen molar-refractivity contribution in [3.63, 3.8) is 0 Å². The van der Waals surface area contributed by atoms with Crippen LogP contribution in [0.4, 0.5) is 0 Å². The smallest absolute Gasteiger partial charge is 0.245 e. The molecule has 0 aliphatic carbocycles. The van der Waals surface area contributed by atoms with Crippen LogP contribution in [0.3, 0.4) is 0 Å². The molecule has 2 aromatic heterocycles. The van der Waals surface area contributed by atoms with Crippen molar-refractivity contribution in [2.45, 2.75) is 31.8 Å². The van der Waals surface area contributed by atoms with Crippen molar-refractivity contribution in [2.75, 3.05) is 13.6 Å². The van der Waals surface area contributed by atoms with Crippen LogP contribution in [0, 0.1) is 0 Å². The van der Waals surface area contributed by atoms with Gasteiger partial charge in [-0.25, -0.2) is 0 Å². The lowest BCUT2D eigenvalue weighted by molar-refractivity contribution is -0.157. The lowest BCUT2D eigenvalue weighted by Gasteiger charge is -2.45. The number of hydrogen-bond donors (Lipinski definition) is 1. The molecule has 0 unspecified atom stereocenters. The van der Waals surface area contributed by atoms with E-state index in [1.165, 1.54) is 10.4 Å². The molecule has 0 spiro atoms. The zero-order valence-electron chi connectivity index (χ0n) is 15.4. The summed E-state index contributed by atoms with van der Waals surface area (Å²) in [7, 11) is 1.72. The van der Waals surface area contributed by atoms with E-state index in [0.29, 0.717) is 6.42 Å². The van der Waals surface area contributed by atoms with Gasteiger partial charge in [0.1, 0.15) is 12.1 Å². The van der Waals surface area contributed by atoms with Crippen LogP contribution >= 0.6 is 11.3 Å². The molecule has 1 fully saturated rings. The maximum Gasteiger partial charge on any atom is 0.245 e. The van der Waals surface area contributed by atoms with Crippen LogP contribution in [-0.2, 0) is 22.4 Å². The number of nitrogens with one attached hydrogen (secondary N) is 1. The Kier molecular flexibility index (Phi) is 3.65. The third kappa shape index (κ3) is 2.36. The molecule has 0 radical (unpaired) electrons. The van der Waals surface area contributed by atoms with Gasteiger partial charge in [0.15, 0.2) is 0 Å². The van der Waals surface area contributed by atoms with Crippen LogP contribution in [-0.4, -0.2) is 46.2 Å². The molecular weight excluding hydrogens is 358 g/mol. The molecule has 2 amide bonds. The lowest BCUT2D eigenvalue weighted by atomic mass is 9.88. The predicted molar refractivity (Wildman–Crippen MR) is 106 cm³/mol. The number of benzene rings is 1. The number of carbonyl (C=O) groups excluding carboxylic acids is 2. The van der Waals surface area contributed by atoms with E-state index in [1.54, 1.807) is 23.3 Å². The maximum absolute atomic E-state index is 13.0. The van der Waals surface area contributed by atoms with E-state index in [0.717, 1.165) is 27.9 Å². The number of aromatic amines is 1. The fraction of sp³-hybridized carbons (Fsp3) is 0.333. The van der Waals surface area contributed by atoms with Gasteiger partial charge < -0.3 is 14.8 Å².